The van der Waals surface area contributed by atoms with Crippen LogP contribution in [0.15, 0.2) is 61.2 Å². The largest absolute Gasteiger partial charge is 0.340 e. The van der Waals surface area contributed by atoms with Gasteiger partial charge in [-0.1, -0.05) is 19.1 Å². The van der Waals surface area contributed by atoms with Gasteiger partial charge in [-0.25, -0.2) is 9.97 Å². The molecule has 0 radical (unpaired) electrons. The molecular formula is C21H23N5O. The van der Waals surface area contributed by atoms with Crippen LogP contribution >= 0.6 is 0 Å². The van der Waals surface area contributed by atoms with Crippen molar-refractivity contribution in [2.24, 2.45) is 0 Å². The van der Waals surface area contributed by atoms with Crippen molar-refractivity contribution in [2.75, 3.05) is 18.9 Å². The molecule has 1 aromatic carbocycles. The number of hydrogen-bond acceptors (Lipinski definition) is 5. The number of hydrogen-bond donors (Lipinski definition) is 1. The summed E-state index contributed by atoms with van der Waals surface area (Å²) in [5.74, 6) is 0.464. The lowest BCUT2D eigenvalue weighted by molar-refractivity contribution is 0.0790. The van der Waals surface area contributed by atoms with Crippen LogP contribution in [-0.4, -0.2) is 39.4 Å². The topological polar surface area (TPSA) is 71.0 Å². The van der Waals surface area contributed by atoms with Gasteiger partial charge >= 0.3 is 0 Å². The van der Waals surface area contributed by atoms with Gasteiger partial charge in [-0.2, -0.15) is 0 Å². The Labute approximate surface area is 159 Å². The molecule has 0 bridgehead atoms. The van der Waals surface area contributed by atoms with E-state index in [0.29, 0.717) is 18.1 Å². The van der Waals surface area contributed by atoms with E-state index in [1.54, 1.807) is 30.5 Å². The van der Waals surface area contributed by atoms with E-state index >= 15 is 0 Å². The Hall–Kier alpha value is -3.28. The molecule has 6 heteroatoms. The van der Waals surface area contributed by atoms with E-state index in [0.717, 1.165) is 24.1 Å². The highest BCUT2D eigenvalue weighted by Gasteiger charge is 2.13. The van der Waals surface area contributed by atoms with Gasteiger partial charge in [0.25, 0.3) is 5.91 Å². The predicted molar refractivity (Wildman–Crippen MR) is 106 cm³/mol. The number of likely N-dealkylation sites (N-methyl/N-ethyl adjacent to an activating group) is 1. The number of carbonyl (C=O) groups is 1. The molecule has 0 saturated carbocycles. The molecule has 0 saturated heterocycles. The van der Waals surface area contributed by atoms with Gasteiger partial charge in [-0.05, 0) is 48.2 Å². The number of rotatable bonds is 7. The molecular weight excluding hydrogens is 338 g/mol. The minimum absolute atomic E-state index is 0.143. The molecule has 0 unspecified atom stereocenters. The Balaban J connectivity index is 1.57. The zero-order valence-corrected chi connectivity index (χ0v) is 15.6. The summed E-state index contributed by atoms with van der Waals surface area (Å²) in [4.78, 5) is 26.7. The normalized spacial score (nSPS) is 10.4. The maximum atomic E-state index is 12.5. The number of nitrogens with zero attached hydrogens (tertiary/aromatic N) is 4. The summed E-state index contributed by atoms with van der Waals surface area (Å²) >= 11 is 0. The molecule has 3 aromatic rings. The van der Waals surface area contributed by atoms with Gasteiger partial charge in [0.2, 0.25) is 0 Å². The number of benzene rings is 1. The van der Waals surface area contributed by atoms with E-state index in [4.69, 9.17) is 0 Å². The molecule has 27 heavy (non-hydrogen) atoms. The van der Waals surface area contributed by atoms with Gasteiger partial charge < -0.3 is 10.2 Å². The number of aryl methyl sites for hydroxylation is 1. The van der Waals surface area contributed by atoms with Crippen LogP contribution in [0.5, 0.6) is 0 Å². The van der Waals surface area contributed by atoms with Gasteiger partial charge in [-0.3, -0.25) is 9.78 Å². The minimum Gasteiger partial charge on any atom is -0.340 e. The molecule has 0 atom stereocenters. The summed E-state index contributed by atoms with van der Waals surface area (Å²) in [6, 6.07) is 12.1. The second-order valence-corrected chi connectivity index (χ2v) is 6.29. The summed E-state index contributed by atoms with van der Waals surface area (Å²) < 4.78 is 0. The molecule has 2 aromatic heterocycles. The lowest BCUT2D eigenvalue weighted by Crippen LogP contribution is -2.29. The van der Waals surface area contributed by atoms with E-state index in [1.807, 2.05) is 24.3 Å². The minimum atomic E-state index is -0.143. The van der Waals surface area contributed by atoms with E-state index in [9.17, 15) is 4.79 Å². The van der Waals surface area contributed by atoms with Crippen molar-refractivity contribution in [1.29, 1.82) is 0 Å². The second kappa shape index (κ2) is 8.89. The monoisotopic (exact) mass is 361 g/mol. The Bertz CT molecular complexity index is 863. The van der Waals surface area contributed by atoms with Crippen LogP contribution in [0.1, 0.15) is 28.5 Å². The molecule has 1 amide bonds. The molecule has 0 aliphatic rings. The Morgan fingerprint density at radius 2 is 1.74 bits per heavy atom. The zero-order valence-electron chi connectivity index (χ0n) is 15.6. The maximum Gasteiger partial charge on any atom is 0.273 e. The van der Waals surface area contributed by atoms with Crippen LogP contribution in [0, 0.1) is 0 Å². The summed E-state index contributed by atoms with van der Waals surface area (Å²) in [7, 11) is 1.77. The summed E-state index contributed by atoms with van der Waals surface area (Å²) in [5, 5.41) is 3.19. The van der Waals surface area contributed by atoms with Crippen LogP contribution in [0.4, 0.5) is 11.5 Å². The molecule has 1 N–H and O–H groups in total. The lowest BCUT2D eigenvalue weighted by Gasteiger charge is -2.16. The molecule has 6 nitrogen and oxygen atoms in total. The number of aromatic nitrogens is 3. The number of nitrogens with one attached hydrogen (secondary N) is 1. The van der Waals surface area contributed by atoms with Crippen LogP contribution in [0.25, 0.3) is 0 Å². The number of pyridine rings is 1. The van der Waals surface area contributed by atoms with E-state index < -0.39 is 0 Å². The van der Waals surface area contributed by atoms with Gasteiger partial charge in [-0.15, -0.1) is 0 Å². The molecule has 0 spiro atoms. The van der Waals surface area contributed by atoms with Crippen molar-refractivity contribution < 1.29 is 4.79 Å². The van der Waals surface area contributed by atoms with Gasteiger partial charge in [0.1, 0.15) is 11.5 Å². The van der Waals surface area contributed by atoms with Crippen molar-refractivity contribution in [3.8, 4) is 0 Å². The van der Waals surface area contributed by atoms with E-state index in [2.05, 4.69) is 39.3 Å². The first kappa shape index (κ1) is 18.5. The smallest absolute Gasteiger partial charge is 0.273 e. The Kier molecular flexibility index (Phi) is 6.10. The number of anilines is 2. The third-order valence-electron chi connectivity index (χ3n) is 4.34. The lowest BCUT2D eigenvalue weighted by atomic mass is 10.1. The zero-order chi connectivity index (χ0) is 19.1. The van der Waals surface area contributed by atoms with Gasteiger partial charge in [0, 0.05) is 31.7 Å². The fourth-order valence-electron chi connectivity index (χ4n) is 2.62. The fraction of sp³-hybridized carbons (Fsp3) is 0.238. The highest BCUT2D eigenvalue weighted by molar-refractivity contribution is 5.91. The summed E-state index contributed by atoms with van der Waals surface area (Å²) in [5.41, 5.74) is 3.70. The Morgan fingerprint density at radius 3 is 2.37 bits per heavy atom. The van der Waals surface area contributed by atoms with E-state index in [1.165, 1.54) is 11.8 Å². The third-order valence-corrected chi connectivity index (χ3v) is 4.34. The fourth-order valence-corrected chi connectivity index (χ4v) is 2.62. The maximum absolute atomic E-state index is 12.5. The van der Waals surface area contributed by atoms with E-state index in [-0.39, 0.29) is 5.91 Å². The number of amides is 1. The Morgan fingerprint density at radius 1 is 1.00 bits per heavy atom. The highest BCUT2D eigenvalue weighted by Crippen LogP contribution is 2.15. The van der Waals surface area contributed by atoms with Crippen molar-refractivity contribution in [3.63, 3.8) is 0 Å². The average Bonchev–Trinajstić information content (AvgIpc) is 2.73. The van der Waals surface area contributed by atoms with Crippen molar-refractivity contribution in [2.45, 2.75) is 19.8 Å². The first-order valence-electron chi connectivity index (χ1n) is 8.98. The molecule has 0 aliphatic heterocycles. The van der Waals surface area contributed by atoms with Crippen LogP contribution in [-0.2, 0) is 12.8 Å². The quantitative estimate of drug-likeness (QED) is 0.697. The molecule has 138 valence electrons. The summed E-state index contributed by atoms with van der Waals surface area (Å²) in [6.07, 6.45) is 8.37. The SMILES string of the molecule is CCc1ccc(Nc2cnc(C(=O)N(C)CCc3ccncc3)cn2)cc1. The number of carbonyl (C=O) groups excluding carboxylic acids is 1. The van der Waals surface area contributed by atoms with Crippen LogP contribution in [0.3, 0.4) is 0 Å². The van der Waals surface area contributed by atoms with Gasteiger partial charge in [0.15, 0.2) is 0 Å². The summed E-state index contributed by atoms with van der Waals surface area (Å²) in [6.45, 7) is 2.73. The van der Waals surface area contributed by atoms with Crippen molar-refractivity contribution >= 4 is 17.4 Å². The average molecular weight is 361 g/mol. The molecule has 2 heterocycles. The second-order valence-electron chi connectivity index (χ2n) is 6.29. The first-order chi connectivity index (χ1) is 13.2. The van der Waals surface area contributed by atoms with Crippen LogP contribution < -0.4 is 5.32 Å². The van der Waals surface area contributed by atoms with Crippen molar-refractivity contribution in [3.05, 3.63) is 78.0 Å². The third kappa shape index (κ3) is 5.10. The molecule has 0 fully saturated rings. The molecule has 0 aliphatic carbocycles. The van der Waals surface area contributed by atoms with Crippen LogP contribution in [0.2, 0.25) is 0 Å². The highest BCUT2D eigenvalue weighted by atomic mass is 16.2. The first-order valence-corrected chi connectivity index (χ1v) is 8.98. The molecule has 3 rings (SSSR count). The van der Waals surface area contributed by atoms with Crippen molar-refractivity contribution in [1.82, 2.24) is 19.9 Å². The van der Waals surface area contributed by atoms with Gasteiger partial charge in [0.05, 0.1) is 12.4 Å². The standard InChI is InChI=1S/C21H23N5O/c1-3-16-4-6-18(7-5-16)25-20-15-23-19(14-24-20)21(27)26(2)13-10-17-8-11-22-12-9-17/h4-9,11-12,14-15H,3,10,13H2,1-2H3,(H,24,25). The predicted octanol–water partition coefficient (Wildman–Crippen LogP) is 3.49.